The molecular formula is C30H43FN6O4. The number of nitrogens with zero attached hydrogens (tertiary/aromatic N) is 6. The normalized spacial score (nSPS) is 21.6. The lowest BCUT2D eigenvalue weighted by atomic mass is 10.0. The molecule has 0 N–H and O–H groups in total. The Morgan fingerprint density at radius 2 is 1.95 bits per heavy atom. The zero-order chi connectivity index (χ0) is 29.3. The summed E-state index contributed by atoms with van der Waals surface area (Å²) in [6, 6.07) is 5.56. The Morgan fingerprint density at radius 1 is 1.15 bits per heavy atom. The van der Waals surface area contributed by atoms with Gasteiger partial charge in [-0.2, -0.15) is 9.97 Å². The average molecular weight is 571 g/mol. The molecular weight excluding hydrogens is 527 g/mol. The van der Waals surface area contributed by atoms with Crippen LogP contribution >= 0.6 is 0 Å². The molecule has 0 bridgehead atoms. The Balaban J connectivity index is 1.42. The summed E-state index contributed by atoms with van der Waals surface area (Å²) >= 11 is 0. The van der Waals surface area contributed by atoms with E-state index in [-0.39, 0.29) is 18.0 Å². The number of aromatic nitrogens is 2. The number of carbonyl (C=O) groups is 1. The molecule has 1 aromatic carbocycles. The summed E-state index contributed by atoms with van der Waals surface area (Å²) in [5, 5.41) is 0. The van der Waals surface area contributed by atoms with Gasteiger partial charge >= 0.3 is 12.1 Å². The number of likely N-dealkylation sites (tertiary alicyclic amines) is 1. The largest absolute Gasteiger partial charge is 0.494 e. The van der Waals surface area contributed by atoms with Gasteiger partial charge in [0.05, 0.1) is 19.3 Å². The van der Waals surface area contributed by atoms with E-state index in [2.05, 4.69) is 23.8 Å². The molecule has 1 unspecified atom stereocenters. The van der Waals surface area contributed by atoms with Crippen LogP contribution in [0.2, 0.25) is 0 Å². The molecule has 0 aliphatic carbocycles. The summed E-state index contributed by atoms with van der Waals surface area (Å²) in [5.41, 5.74) is 1.76. The zero-order valence-corrected chi connectivity index (χ0v) is 25.2. The van der Waals surface area contributed by atoms with Gasteiger partial charge in [-0.15, -0.1) is 0 Å². The summed E-state index contributed by atoms with van der Waals surface area (Å²) in [7, 11) is 3.67. The lowest BCUT2D eigenvalue weighted by Gasteiger charge is -2.42. The second-order valence-corrected chi connectivity index (χ2v) is 12.3. The molecule has 1 aromatic heterocycles. The van der Waals surface area contributed by atoms with Gasteiger partial charge in [-0.3, -0.25) is 0 Å². The minimum atomic E-state index is -0.546. The van der Waals surface area contributed by atoms with Crippen molar-refractivity contribution in [1.82, 2.24) is 19.8 Å². The Kier molecular flexibility index (Phi) is 8.45. The summed E-state index contributed by atoms with van der Waals surface area (Å²) in [5.74, 6) is 1.01. The van der Waals surface area contributed by atoms with Crippen molar-refractivity contribution >= 4 is 17.6 Å². The first kappa shape index (κ1) is 29.2. The molecule has 11 heteroatoms. The highest BCUT2D eigenvalue weighted by Crippen LogP contribution is 2.37. The van der Waals surface area contributed by atoms with Crippen LogP contribution < -0.4 is 19.3 Å². The highest BCUT2D eigenvalue weighted by Gasteiger charge is 2.34. The van der Waals surface area contributed by atoms with Crippen molar-refractivity contribution in [3.8, 4) is 11.8 Å². The number of halogens is 1. The van der Waals surface area contributed by atoms with Crippen molar-refractivity contribution in [2.75, 3.05) is 63.3 Å². The number of benzene rings is 1. The predicted octanol–water partition coefficient (Wildman–Crippen LogP) is 4.11. The van der Waals surface area contributed by atoms with E-state index in [1.807, 2.05) is 25.7 Å². The number of anilines is 2. The second-order valence-electron chi connectivity index (χ2n) is 12.3. The van der Waals surface area contributed by atoms with Gasteiger partial charge in [-0.1, -0.05) is 6.07 Å². The van der Waals surface area contributed by atoms with Gasteiger partial charge in [0.1, 0.15) is 35.3 Å². The van der Waals surface area contributed by atoms with E-state index in [1.165, 1.54) is 6.07 Å². The van der Waals surface area contributed by atoms with Gasteiger partial charge in [0.15, 0.2) is 0 Å². The first-order valence-electron chi connectivity index (χ1n) is 14.6. The monoisotopic (exact) mass is 570 g/mol. The van der Waals surface area contributed by atoms with Crippen molar-refractivity contribution in [2.24, 2.45) is 0 Å². The van der Waals surface area contributed by atoms with Gasteiger partial charge in [0.2, 0.25) is 0 Å². The number of rotatable bonds is 6. The molecule has 41 heavy (non-hydrogen) atoms. The molecule has 2 saturated heterocycles. The number of para-hydroxylation sites is 1. The smallest absolute Gasteiger partial charge is 0.410 e. The van der Waals surface area contributed by atoms with Crippen LogP contribution in [-0.4, -0.2) is 97.0 Å². The fraction of sp³-hybridized carbons (Fsp3) is 0.633. The first-order chi connectivity index (χ1) is 19.5. The maximum atomic E-state index is 15.0. The number of amides is 1. The van der Waals surface area contributed by atoms with Crippen LogP contribution in [0.3, 0.4) is 0 Å². The molecule has 0 radical (unpaired) electrons. The predicted molar refractivity (Wildman–Crippen MR) is 155 cm³/mol. The van der Waals surface area contributed by atoms with Gasteiger partial charge < -0.3 is 33.8 Å². The third-order valence-corrected chi connectivity index (χ3v) is 8.14. The van der Waals surface area contributed by atoms with Gasteiger partial charge in [-0.05, 0) is 72.7 Å². The average Bonchev–Trinajstić information content (AvgIpc) is 3.34. The second kappa shape index (κ2) is 11.9. The van der Waals surface area contributed by atoms with Crippen molar-refractivity contribution in [3.63, 3.8) is 0 Å². The fourth-order valence-electron chi connectivity index (χ4n) is 5.97. The third kappa shape index (κ3) is 6.45. The SMILES string of the molecule is COc1cccc(F)c1N1CCc2c(nc(OCC3CCCN3C)nc2N2CCN(C(=O)OC(C)(C)C)C[C@@H]2C)C1. The van der Waals surface area contributed by atoms with E-state index < -0.39 is 5.60 Å². The number of carbonyl (C=O) groups excluding carboxylic acids is 1. The van der Waals surface area contributed by atoms with Crippen LogP contribution in [-0.2, 0) is 17.7 Å². The Morgan fingerprint density at radius 3 is 2.63 bits per heavy atom. The highest BCUT2D eigenvalue weighted by molar-refractivity contribution is 5.69. The van der Waals surface area contributed by atoms with Gasteiger partial charge in [0, 0.05) is 43.8 Å². The fourth-order valence-corrected chi connectivity index (χ4v) is 5.97. The summed E-state index contributed by atoms with van der Waals surface area (Å²) < 4.78 is 32.3. The number of likely N-dealkylation sites (N-methyl/N-ethyl adjacent to an activating group) is 1. The van der Waals surface area contributed by atoms with Crippen LogP contribution in [0.25, 0.3) is 0 Å². The lowest BCUT2D eigenvalue weighted by Crippen LogP contribution is -2.55. The van der Waals surface area contributed by atoms with E-state index in [9.17, 15) is 9.18 Å². The summed E-state index contributed by atoms with van der Waals surface area (Å²) in [6.45, 7) is 12.0. The number of fused-ring (bicyclic) bond motifs is 1. The highest BCUT2D eigenvalue weighted by atomic mass is 19.1. The minimum absolute atomic E-state index is 0.00813. The molecule has 10 nitrogen and oxygen atoms in total. The van der Waals surface area contributed by atoms with Gasteiger partial charge in [-0.25, -0.2) is 9.18 Å². The number of hydrogen-bond donors (Lipinski definition) is 0. The summed E-state index contributed by atoms with van der Waals surface area (Å²) in [6.07, 6.45) is 2.58. The van der Waals surface area contributed by atoms with E-state index in [0.717, 1.165) is 36.5 Å². The molecule has 4 heterocycles. The van der Waals surface area contributed by atoms with E-state index in [1.54, 1.807) is 24.1 Å². The van der Waals surface area contributed by atoms with Gasteiger partial charge in [0.25, 0.3) is 0 Å². The number of methoxy groups -OCH3 is 1. The standard InChI is InChI=1S/C30H43FN6O4/c1-20-17-36(29(38)41-30(2,3)4)15-16-37(20)27-22-12-14-35(26-23(31)10-7-11-25(26)39-6)18-24(22)32-28(33-27)40-19-21-9-8-13-34(21)5/h7,10-11,20-21H,8-9,12-19H2,1-6H3/t20-,21?/m0/s1. The first-order valence-corrected chi connectivity index (χ1v) is 14.6. The van der Waals surface area contributed by atoms with Crippen LogP contribution in [0.1, 0.15) is 51.8 Å². The summed E-state index contributed by atoms with van der Waals surface area (Å²) in [4.78, 5) is 30.9. The molecule has 3 aliphatic heterocycles. The Bertz CT molecular complexity index is 1250. The lowest BCUT2D eigenvalue weighted by molar-refractivity contribution is 0.0218. The maximum Gasteiger partial charge on any atom is 0.410 e. The number of hydrogen-bond acceptors (Lipinski definition) is 9. The molecule has 5 rings (SSSR count). The number of ether oxygens (including phenoxy) is 3. The molecule has 0 saturated carbocycles. The quantitative estimate of drug-likeness (QED) is 0.510. The molecule has 2 atom stereocenters. The minimum Gasteiger partial charge on any atom is -0.494 e. The Hall–Kier alpha value is -3.34. The molecule has 1 amide bonds. The van der Waals surface area contributed by atoms with Crippen LogP contribution in [0.5, 0.6) is 11.8 Å². The molecule has 2 fully saturated rings. The van der Waals surface area contributed by atoms with E-state index >= 15 is 0 Å². The van der Waals surface area contributed by atoms with Crippen LogP contribution in [0, 0.1) is 5.82 Å². The Labute approximate surface area is 242 Å². The van der Waals surface area contributed by atoms with Crippen LogP contribution in [0.4, 0.5) is 20.7 Å². The molecule has 0 spiro atoms. The molecule has 2 aromatic rings. The van der Waals surface area contributed by atoms with Crippen molar-refractivity contribution in [2.45, 2.75) is 71.2 Å². The molecule has 224 valence electrons. The maximum absolute atomic E-state index is 15.0. The van der Waals surface area contributed by atoms with Crippen molar-refractivity contribution < 1.29 is 23.4 Å². The third-order valence-electron chi connectivity index (χ3n) is 8.14. The molecule has 3 aliphatic rings. The van der Waals surface area contributed by atoms with E-state index in [0.29, 0.717) is 69.2 Å². The number of piperazine rings is 1. The topological polar surface area (TPSA) is 83.5 Å². The zero-order valence-electron chi connectivity index (χ0n) is 25.2. The van der Waals surface area contributed by atoms with E-state index in [4.69, 9.17) is 24.2 Å². The van der Waals surface area contributed by atoms with Crippen molar-refractivity contribution in [1.29, 1.82) is 0 Å². The van der Waals surface area contributed by atoms with Crippen LogP contribution in [0.15, 0.2) is 18.2 Å². The van der Waals surface area contributed by atoms with Crippen molar-refractivity contribution in [3.05, 3.63) is 35.3 Å².